The lowest BCUT2D eigenvalue weighted by Crippen LogP contribution is -2.62. The minimum Gasteiger partial charge on any atom is -0.472 e. The number of fused-ring (bicyclic) bond motifs is 7. The summed E-state index contributed by atoms with van der Waals surface area (Å²) in [6.07, 6.45) is 12.0. The minimum absolute atomic E-state index is 0.00385. The van der Waals surface area contributed by atoms with Gasteiger partial charge in [0.15, 0.2) is 5.82 Å². The van der Waals surface area contributed by atoms with Crippen LogP contribution in [0.2, 0.25) is 0 Å². The van der Waals surface area contributed by atoms with E-state index in [9.17, 15) is 0 Å². The van der Waals surface area contributed by atoms with Crippen LogP contribution in [0.25, 0.3) is 32.9 Å². The summed E-state index contributed by atoms with van der Waals surface area (Å²) in [6.45, 7) is 9.41. The Labute approximate surface area is 277 Å². The average Bonchev–Trinajstić information content (AvgIpc) is 3.53. The Morgan fingerprint density at radius 2 is 2.02 bits per heavy atom. The molecule has 5 atom stereocenters. The largest absolute Gasteiger partial charge is 0.472 e. The van der Waals surface area contributed by atoms with E-state index in [1.807, 2.05) is 13.0 Å². The average molecular weight is 647 g/mol. The van der Waals surface area contributed by atoms with Crippen molar-refractivity contribution in [3.63, 3.8) is 0 Å². The van der Waals surface area contributed by atoms with Crippen LogP contribution in [0.3, 0.4) is 0 Å². The lowest BCUT2D eigenvalue weighted by molar-refractivity contribution is 0.107. The van der Waals surface area contributed by atoms with Gasteiger partial charge in [-0.25, -0.2) is 13.8 Å². The van der Waals surface area contributed by atoms with Crippen LogP contribution in [0.1, 0.15) is 51.0 Å². The number of pyridine rings is 1. The van der Waals surface area contributed by atoms with Crippen molar-refractivity contribution < 1.29 is 18.3 Å². The molecule has 6 aliphatic rings. The number of piperazine rings is 1. The van der Waals surface area contributed by atoms with E-state index < -0.39 is 11.6 Å². The number of nitrogens with zero attached hydrogens (tertiary/aromatic N) is 5. The molecule has 4 aromatic rings. The molecule has 1 N–H and O–H groups in total. The summed E-state index contributed by atoms with van der Waals surface area (Å²) >= 11 is 0. The lowest BCUT2D eigenvalue weighted by atomic mass is 9.88. The molecule has 2 aromatic carbocycles. The predicted octanol–water partition coefficient (Wildman–Crippen LogP) is 5.76. The van der Waals surface area contributed by atoms with Crippen molar-refractivity contribution >= 4 is 27.5 Å². The molecule has 1 aliphatic carbocycles. The summed E-state index contributed by atoms with van der Waals surface area (Å²) in [5.74, 6) is 2.11. The van der Waals surface area contributed by atoms with Crippen molar-refractivity contribution in [3.8, 4) is 35.5 Å². The summed E-state index contributed by atoms with van der Waals surface area (Å²) in [4.78, 5) is 19.4. The van der Waals surface area contributed by atoms with E-state index >= 15 is 8.78 Å². The van der Waals surface area contributed by atoms with Crippen LogP contribution >= 0.6 is 0 Å². The van der Waals surface area contributed by atoms with Crippen molar-refractivity contribution in [2.45, 2.75) is 75.2 Å². The van der Waals surface area contributed by atoms with E-state index in [2.05, 4.69) is 27.6 Å². The molecule has 244 valence electrons. The minimum atomic E-state index is -0.651. The van der Waals surface area contributed by atoms with Gasteiger partial charge in [-0.05, 0) is 62.3 Å². The second-order valence-electron chi connectivity index (χ2n) is 15.1. The number of nitrogens with one attached hydrogen (secondary N) is 1. The van der Waals surface area contributed by atoms with Crippen LogP contribution in [-0.4, -0.2) is 75.9 Å². The highest BCUT2D eigenvalue weighted by atomic mass is 19.1. The Hall–Kier alpha value is -4.33. The number of hydrogen-bond donors (Lipinski definition) is 1. The zero-order valence-electron chi connectivity index (χ0n) is 26.9. The molecule has 1 spiro atoms. The molecule has 1 unspecified atom stereocenters. The Morgan fingerprint density at radius 3 is 2.85 bits per heavy atom. The number of benzene rings is 2. The molecule has 5 fully saturated rings. The van der Waals surface area contributed by atoms with Gasteiger partial charge in [-0.1, -0.05) is 42.3 Å². The fourth-order valence-electron chi connectivity index (χ4n) is 9.76. The van der Waals surface area contributed by atoms with Crippen LogP contribution in [0, 0.1) is 29.4 Å². The van der Waals surface area contributed by atoms with E-state index in [1.54, 1.807) is 18.2 Å². The molecular weight excluding hydrogens is 610 g/mol. The topological polar surface area (TPSA) is 75.6 Å². The molecule has 2 aromatic heterocycles. The van der Waals surface area contributed by atoms with Gasteiger partial charge in [0.1, 0.15) is 40.9 Å². The van der Waals surface area contributed by atoms with Gasteiger partial charge in [0.05, 0.1) is 17.1 Å². The first-order valence-corrected chi connectivity index (χ1v) is 17.1. The highest BCUT2D eigenvalue weighted by molar-refractivity contribution is 6.03. The Bertz CT molecular complexity index is 2130. The molecule has 8 nitrogen and oxygen atoms in total. The van der Waals surface area contributed by atoms with E-state index in [0.29, 0.717) is 52.1 Å². The lowest BCUT2D eigenvalue weighted by Gasteiger charge is -2.42. The van der Waals surface area contributed by atoms with E-state index in [4.69, 9.17) is 30.8 Å². The second-order valence-corrected chi connectivity index (χ2v) is 15.1. The molecule has 10 rings (SSSR count). The summed E-state index contributed by atoms with van der Waals surface area (Å²) in [7, 11) is 0. The normalized spacial score (nSPS) is 29.5. The van der Waals surface area contributed by atoms with Gasteiger partial charge in [0, 0.05) is 42.7 Å². The monoisotopic (exact) mass is 646 g/mol. The molecule has 10 heteroatoms. The molecule has 1 saturated carbocycles. The summed E-state index contributed by atoms with van der Waals surface area (Å²) < 4.78 is 45.4. The molecule has 48 heavy (non-hydrogen) atoms. The third kappa shape index (κ3) is 4.04. The van der Waals surface area contributed by atoms with Crippen molar-refractivity contribution in [2.75, 3.05) is 31.1 Å². The highest BCUT2D eigenvalue weighted by Crippen LogP contribution is 2.61. The molecule has 0 amide bonds. The van der Waals surface area contributed by atoms with Crippen LogP contribution in [0.5, 0.6) is 11.9 Å². The molecular formula is C38H36F2N6O2. The smallest absolute Gasteiger partial charge is 0.319 e. The SMILES string of the molecule is C#Cc1c(F)ccc2cccc(-c3nc4c5c(nc(OCC67CC(=C)CN6CC6(CC6)C7)nc5c3F)N3C[C@H]5CC[C@H](N5)[C@H]3[C@H](C)O4)c12. The van der Waals surface area contributed by atoms with Crippen LogP contribution < -0.4 is 19.7 Å². The maximum absolute atomic E-state index is 17.2. The number of halogens is 2. The van der Waals surface area contributed by atoms with Gasteiger partial charge in [0.25, 0.3) is 0 Å². The number of rotatable bonds is 4. The zero-order valence-corrected chi connectivity index (χ0v) is 26.9. The fraction of sp³-hybridized carbons (Fsp3) is 0.447. The van der Waals surface area contributed by atoms with Crippen molar-refractivity contribution in [1.29, 1.82) is 0 Å². The van der Waals surface area contributed by atoms with Gasteiger partial charge < -0.3 is 19.7 Å². The maximum atomic E-state index is 17.2. The standard InChI is InChI=1S/C38H36F2N6O2/c1-4-24-26(39)10-8-22-6-5-7-25(28(22)24)31-30(40)32-29-34(46-16-23-9-11-27(41-23)33(46)21(3)48-35(29)42-31)44-36(43-32)47-19-38-14-20(2)15-45(38)18-37(17-38)12-13-37/h1,5-8,10,21,23,27,33,41H,2,9,11-19H2,3H3/t21-,23+,27-,33+,38?/m0/s1. The summed E-state index contributed by atoms with van der Waals surface area (Å²) in [6, 6.07) is 8.88. The Morgan fingerprint density at radius 1 is 1.15 bits per heavy atom. The first kappa shape index (κ1) is 28.7. The number of hydrogen-bond acceptors (Lipinski definition) is 8. The first-order chi connectivity index (χ1) is 23.2. The zero-order chi connectivity index (χ0) is 32.5. The molecule has 7 heterocycles. The summed E-state index contributed by atoms with van der Waals surface area (Å²) in [5.41, 5.74) is 1.95. The first-order valence-electron chi connectivity index (χ1n) is 17.1. The maximum Gasteiger partial charge on any atom is 0.319 e. The van der Waals surface area contributed by atoms with Gasteiger partial charge >= 0.3 is 6.01 Å². The van der Waals surface area contributed by atoms with Crippen LogP contribution in [0.4, 0.5) is 14.6 Å². The van der Waals surface area contributed by atoms with Crippen LogP contribution in [-0.2, 0) is 0 Å². The predicted molar refractivity (Wildman–Crippen MR) is 179 cm³/mol. The van der Waals surface area contributed by atoms with Gasteiger partial charge in [0.2, 0.25) is 5.88 Å². The van der Waals surface area contributed by atoms with E-state index in [-0.39, 0.29) is 52.4 Å². The van der Waals surface area contributed by atoms with Crippen LogP contribution in [0.15, 0.2) is 42.5 Å². The summed E-state index contributed by atoms with van der Waals surface area (Å²) in [5, 5.41) is 5.28. The number of anilines is 1. The number of aromatic nitrogens is 3. The fourth-order valence-corrected chi connectivity index (χ4v) is 9.76. The third-order valence-electron chi connectivity index (χ3n) is 11.9. The second kappa shape index (κ2) is 9.86. The Kier molecular flexibility index (Phi) is 5.89. The molecule has 2 bridgehead atoms. The van der Waals surface area contributed by atoms with Gasteiger partial charge in [-0.2, -0.15) is 9.97 Å². The van der Waals surface area contributed by atoms with Crippen molar-refractivity contribution in [2.24, 2.45) is 5.41 Å². The van der Waals surface area contributed by atoms with Gasteiger partial charge in [-0.15, -0.1) is 6.42 Å². The quantitative estimate of drug-likeness (QED) is 0.222. The highest BCUT2D eigenvalue weighted by Gasteiger charge is 2.61. The van der Waals surface area contributed by atoms with Crippen molar-refractivity contribution in [3.05, 3.63) is 59.7 Å². The molecule has 0 radical (unpaired) electrons. The van der Waals surface area contributed by atoms with Crippen molar-refractivity contribution in [1.82, 2.24) is 25.2 Å². The third-order valence-corrected chi connectivity index (χ3v) is 11.9. The molecule has 4 saturated heterocycles. The number of terminal acetylenes is 1. The van der Waals surface area contributed by atoms with E-state index in [1.165, 1.54) is 24.5 Å². The van der Waals surface area contributed by atoms with Gasteiger partial charge in [-0.3, -0.25) is 4.90 Å². The molecule has 5 aliphatic heterocycles. The van der Waals surface area contributed by atoms with E-state index in [0.717, 1.165) is 38.8 Å². The Balaban J connectivity index is 1.16. The number of ether oxygens (including phenoxy) is 2.